The van der Waals surface area contributed by atoms with Gasteiger partial charge in [0.25, 0.3) is 0 Å². The summed E-state index contributed by atoms with van der Waals surface area (Å²) in [6, 6.07) is 12.8. The van der Waals surface area contributed by atoms with Gasteiger partial charge >= 0.3 is 0 Å². The predicted molar refractivity (Wildman–Crippen MR) is 96.3 cm³/mol. The summed E-state index contributed by atoms with van der Waals surface area (Å²) in [4.78, 5) is 13.9. The molecule has 1 unspecified atom stereocenters. The molecule has 1 atom stereocenters. The van der Waals surface area contributed by atoms with E-state index in [0.29, 0.717) is 18.1 Å². The van der Waals surface area contributed by atoms with E-state index in [-0.39, 0.29) is 29.9 Å². The zero-order valence-electron chi connectivity index (χ0n) is 13.9. The normalized spacial score (nSPS) is 18.7. The number of sulfone groups is 1. The van der Waals surface area contributed by atoms with Gasteiger partial charge in [-0.2, -0.15) is 0 Å². The lowest BCUT2D eigenvalue weighted by Crippen LogP contribution is -2.33. The third-order valence-electron chi connectivity index (χ3n) is 4.24. The third kappa shape index (κ3) is 4.54. The number of nitrogens with one attached hydrogen (secondary N) is 1. The first-order valence-electron chi connectivity index (χ1n) is 8.04. The van der Waals surface area contributed by atoms with Gasteiger partial charge in [0, 0.05) is 13.1 Å². The second-order valence-electron chi connectivity index (χ2n) is 6.16. The summed E-state index contributed by atoms with van der Waals surface area (Å²) in [5, 5.41) is 10.8. The van der Waals surface area contributed by atoms with Crippen LogP contribution in [-0.4, -0.2) is 49.1 Å². The fourth-order valence-corrected chi connectivity index (χ4v) is 4.59. The van der Waals surface area contributed by atoms with Crippen LogP contribution in [-0.2, 0) is 21.1 Å². The molecule has 0 radical (unpaired) electrons. The summed E-state index contributed by atoms with van der Waals surface area (Å²) in [5.74, 6) is 1.15. The van der Waals surface area contributed by atoms with E-state index < -0.39 is 9.84 Å². The Morgan fingerprint density at radius 1 is 1.20 bits per heavy atom. The zero-order valence-corrected chi connectivity index (χ0v) is 14.7. The molecule has 0 saturated carbocycles. The summed E-state index contributed by atoms with van der Waals surface area (Å²) < 4.78 is 23.2. The summed E-state index contributed by atoms with van der Waals surface area (Å²) in [6.45, 7) is 0. The lowest BCUT2D eigenvalue weighted by atomic mass is 10.1. The number of nitrogens with zero attached hydrogens (tertiary/aromatic N) is 3. The van der Waals surface area contributed by atoms with E-state index in [2.05, 4.69) is 15.5 Å². The molecule has 1 aliphatic heterocycles. The first kappa shape index (κ1) is 17.3. The molecule has 1 N–H and O–H groups in total. The Morgan fingerprint density at radius 3 is 2.56 bits per heavy atom. The van der Waals surface area contributed by atoms with Crippen molar-refractivity contribution in [3.8, 4) is 0 Å². The number of rotatable bonds is 5. The van der Waals surface area contributed by atoms with Gasteiger partial charge in [-0.25, -0.2) is 8.42 Å². The molecule has 132 valence electrons. The van der Waals surface area contributed by atoms with Crippen molar-refractivity contribution in [2.45, 2.75) is 18.9 Å². The molecule has 8 heteroatoms. The summed E-state index contributed by atoms with van der Waals surface area (Å²) in [5.41, 5.74) is 0.923. The van der Waals surface area contributed by atoms with Gasteiger partial charge in [-0.15, -0.1) is 10.2 Å². The molecule has 2 aromatic rings. The van der Waals surface area contributed by atoms with Crippen molar-refractivity contribution in [1.82, 2.24) is 10.2 Å². The highest BCUT2D eigenvalue weighted by molar-refractivity contribution is 7.91. The maximum absolute atomic E-state index is 12.0. The zero-order chi connectivity index (χ0) is 17.9. The molecule has 2 heterocycles. The largest absolute Gasteiger partial charge is 0.354 e. The molecule has 25 heavy (non-hydrogen) atoms. The van der Waals surface area contributed by atoms with Crippen molar-refractivity contribution < 1.29 is 13.2 Å². The maximum Gasteiger partial charge on any atom is 0.229 e. The van der Waals surface area contributed by atoms with Gasteiger partial charge in [-0.05, 0) is 24.1 Å². The quantitative estimate of drug-likeness (QED) is 0.864. The second kappa shape index (κ2) is 7.18. The van der Waals surface area contributed by atoms with Crippen LogP contribution in [0.3, 0.4) is 0 Å². The van der Waals surface area contributed by atoms with E-state index in [1.165, 1.54) is 0 Å². The van der Waals surface area contributed by atoms with Crippen molar-refractivity contribution >= 4 is 27.4 Å². The minimum Gasteiger partial charge on any atom is -0.354 e. The number of benzene rings is 1. The van der Waals surface area contributed by atoms with Gasteiger partial charge < -0.3 is 10.2 Å². The first-order valence-corrected chi connectivity index (χ1v) is 9.86. The van der Waals surface area contributed by atoms with Gasteiger partial charge in [0.15, 0.2) is 21.5 Å². The first-order chi connectivity index (χ1) is 11.9. The fraction of sp³-hybridized carbons (Fsp3) is 0.353. The van der Waals surface area contributed by atoms with Gasteiger partial charge in [-0.1, -0.05) is 30.3 Å². The summed E-state index contributed by atoms with van der Waals surface area (Å²) in [7, 11) is -1.14. The Morgan fingerprint density at radius 2 is 1.96 bits per heavy atom. The molecule has 1 aromatic carbocycles. The van der Waals surface area contributed by atoms with Crippen LogP contribution >= 0.6 is 0 Å². The standard InChI is InChI=1S/C17H20N4O3S/c1-21(14-9-10-25(23,24)12-14)16-8-7-15(19-20-16)18-17(22)11-13-5-3-2-4-6-13/h2-8,14H,9-12H2,1H3,(H,18,19,22). The van der Waals surface area contributed by atoms with E-state index in [1.54, 1.807) is 12.1 Å². The number of aromatic nitrogens is 2. The van der Waals surface area contributed by atoms with E-state index in [4.69, 9.17) is 0 Å². The van der Waals surface area contributed by atoms with Crippen LogP contribution in [0, 0.1) is 0 Å². The molecular formula is C17H20N4O3S. The molecular weight excluding hydrogens is 340 g/mol. The Labute approximate surface area is 147 Å². The minimum atomic E-state index is -2.95. The molecule has 1 saturated heterocycles. The number of hydrogen-bond donors (Lipinski definition) is 1. The van der Waals surface area contributed by atoms with Crippen LogP contribution in [0.15, 0.2) is 42.5 Å². The molecule has 0 bridgehead atoms. The maximum atomic E-state index is 12.0. The van der Waals surface area contributed by atoms with E-state index in [1.807, 2.05) is 42.3 Å². The van der Waals surface area contributed by atoms with E-state index >= 15 is 0 Å². The Bertz CT molecular complexity index is 838. The molecule has 7 nitrogen and oxygen atoms in total. The highest BCUT2D eigenvalue weighted by atomic mass is 32.2. The monoisotopic (exact) mass is 360 g/mol. The van der Waals surface area contributed by atoms with Crippen LogP contribution in [0.25, 0.3) is 0 Å². The highest BCUT2D eigenvalue weighted by Gasteiger charge is 2.31. The van der Waals surface area contributed by atoms with Crippen LogP contribution in [0.1, 0.15) is 12.0 Å². The fourth-order valence-electron chi connectivity index (χ4n) is 2.82. The summed E-state index contributed by atoms with van der Waals surface area (Å²) >= 11 is 0. The average molecular weight is 360 g/mol. The molecule has 1 aliphatic rings. The van der Waals surface area contributed by atoms with Crippen LogP contribution in [0.2, 0.25) is 0 Å². The molecule has 0 aliphatic carbocycles. The van der Waals surface area contributed by atoms with E-state index in [0.717, 1.165) is 5.56 Å². The number of hydrogen-bond acceptors (Lipinski definition) is 6. The molecule has 1 fully saturated rings. The lowest BCUT2D eigenvalue weighted by molar-refractivity contribution is -0.115. The van der Waals surface area contributed by atoms with Crippen molar-refractivity contribution in [1.29, 1.82) is 0 Å². The smallest absolute Gasteiger partial charge is 0.229 e. The third-order valence-corrected chi connectivity index (χ3v) is 5.99. The van der Waals surface area contributed by atoms with E-state index in [9.17, 15) is 13.2 Å². The highest BCUT2D eigenvalue weighted by Crippen LogP contribution is 2.21. The number of amides is 1. The van der Waals surface area contributed by atoms with Crippen LogP contribution < -0.4 is 10.2 Å². The van der Waals surface area contributed by atoms with Gasteiger partial charge in [0.05, 0.1) is 17.9 Å². The van der Waals surface area contributed by atoms with Gasteiger partial charge in [0.1, 0.15) is 0 Å². The second-order valence-corrected chi connectivity index (χ2v) is 8.38. The Kier molecular flexibility index (Phi) is 4.98. The van der Waals surface area contributed by atoms with Crippen molar-refractivity contribution in [2.75, 3.05) is 28.8 Å². The number of anilines is 2. The van der Waals surface area contributed by atoms with Crippen LogP contribution in [0.5, 0.6) is 0 Å². The topological polar surface area (TPSA) is 92.3 Å². The SMILES string of the molecule is CN(c1ccc(NC(=O)Cc2ccccc2)nn1)C1CCS(=O)(=O)C1. The van der Waals surface area contributed by atoms with Gasteiger partial charge in [-0.3, -0.25) is 4.79 Å². The Balaban J connectivity index is 1.59. The predicted octanol–water partition coefficient (Wildman–Crippen LogP) is 1.28. The van der Waals surface area contributed by atoms with Gasteiger partial charge in [0.2, 0.25) is 5.91 Å². The molecule has 0 spiro atoms. The number of carbonyl (C=O) groups is 1. The molecule has 1 aromatic heterocycles. The molecule has 3 rings (SSSR count). The van der Waals surface area contributed by atoms with Crippen molar-refractivity contribution in [2.24, 2.45) is 0 Å². The minimum absolute atomic E-state index is 0.0854. The summed E-state index contributed by atoms with van der Waals surface area (Å²) in [6.07, 6.45) is 0.861. The average Bonchev–Trinajstić information content (AvgIpc) is 2.96. The number of carbonyl (C=O) groups excluding carboxylic acids is 1. The van der Waals surface area contributed by atoms with Crippen molar-refractivity contribution in [3.63, 3.8) is 0 Å². The van der Waals surface area contributed by atoms with Crippen LogP contribution in [0.4, 0.5) is 11.6 Å². The Hall–Kier alpha value is -2.48. The lowest BCUT2D eigenvalue weighted by Gasteiger charge is -2.23. The van der Waals surface area contributed by atoms with Crippen molar-refractivity contribution in [3.05, 3.63) is 48.0 Å². The molecule has 1 amide bonds.